The minimum Gasteiger partial charge on any atom is -0.481 e. The normalized spacial score (nSPS) is 15.4. The zero-order chi connectivity index (χ0) is 20.6. The number of benzene rings is 1. The van der Waals surface area contributed by atoms with Crippen LogP contribution in [-0.4, -0.2) is 22.2 Å². The third-order valence-corrected chi connectivity index (χ3v) is 6.27. The van der Waals surface area contributed by atoms with Crippen LogP contribution in [0.2, 0.25) is 0 Å². The Morgan fingerprint density at radius 2 is 1.50 bits per heavy atom. The van der Waals surface area contributed by atoms with Gasteiger partial charge in [-0.05, 0) is 76.3 Å². The van der Waals surface area contributed by atoms with E-state index in [1.54, 1.807) is 13.8 Å². The first-order valence-electron chi connectivity index (χ1n) is 10.8. The zero-order valence-electron chi connectivity index (χ0n) is 17.5. The van der Waals surface area contributed by atoms with Crippen molar-refractivity contribution in [1.82, 2.24) is 0 Å². The quantitative estimate of drug-likeness (QED) is 0.391. The van der Waals surface area contributed by atoms with Crippen molar-refractivity contribution in [2.24, 2.45) is 10.8 Å². The van der Waals surface area contributed by atoms with E-state index in [1.165, 1.54) is 11.1 Å². The van der Waals surface area contributed by atoms with E-state index in [0.717, 1.165) is 77.0 Å². The molecule has 4 heteroatoms. The van der Waals surface area contributed by atoms with Crippen molar-refractivity contribution < 1.29 is 19.8 Å². The summed E-state index contributed by atoms with van der Waals surface area (Å²) in [6.45, 7) is 3.60. The molecular weight excluding hydrogens is 352 g/mol. The molecular formula is C24H36O4. The Bertz CT molecular complexity index is 658. The van der Waals surface area contributed by atoms with Gasteiger partial charge in [-0.1, -0.05) is 49.9 Å². The standard InChI is InChI=1S/C24H36O4/c1-23(2,21(25)26)14-7-4-3-5-10-19-12-9-13-20(18-19)11-6-8-15-24(16-17-24)22(27)28/h9,12-13,18H,3-8,10-11,14-17H2,1-2H3,(H,25,26)(H,27,28). The van der Waals surface area contributed by atoms with Crippen LogP contribution in [0.1, 0.15) is 89.2 Å². The predicted octanol–water partition coefficient (Wildman–Crippen LogP) is 5.87. The van der Waals surface area contributed by atoms with Crippen LogP contribution in [0.3, 0.4) is 0 Å². The highest BCUT2D eigenvalue weighted by molar-refractivity contribution is 5.77. The third kappa shape index (κ3) is 6.96. The average Bonchev–Trinajstić information content (AvgIpc) is 3.43. The molecule has 0 unspecified atom stereocenters. The molecule has 0 spiro atoms. The maximum atomic E-state index is 11.2. The van der Waals surface area contributed by atoms with Gasteiger partial charge >= 0.3 is 11.9 Å². The first kappa shape index (κ1) is 22.4. The van der Waals surface area contributed by atoms with Gasteiger partial charge in [-0.2, -0.15) is 0 Å². The predicted molar refractivity (Wildman–Crippen MR) is 112 cm³/mol. The van der Waals surface area contributed by atoms with Crippen molar-refractivity contribution in [3.63, 3.8) is 0 Å². The second-order valence-electron chi connectivity index (χ2n) is 9.22. The fourth-order valence-corrected chi connectivity index (χ4v) is 3.81. The Balaban J connectivity index is 1.61. The monoisotopic (exact) mass is 388 g/mol. The van der Waals surface area contributed by atoms with Gasteiger partial charge in [0.1, 0.15) is 0 Å². The van der Waals surface area contributed by atoms with Gasteiger partial charge in [0, 0.05) is 0 Å². The first-order valence-corrected chi connectivity index (χ1v) is 10.8. The molecule has 1 aliphatic carbocycles. The summed E-state index contributed by atoms with van der Waals surface area (Å²) < 4.78 is 0. The van der Waals surface area contributed by atoms with Crippen LogP contribution in [0.5, 0.6) is 0 Å². The number of aliphatic carboxylic acids is 2. The molecule has 4 nitrogen and oxygen atoms in total. The summed E-state index contributed by atoms with van der Waals surface area (Å²) in [6.07, 6.45) is 11.7. The fourth-order valence-electron chi connectivity index (χ4n) is 3.81. The van der Waals surface area contributed by atoms with Crippen LogP contribution >= 0.6 is 0 Å². The molecule has 0 aliphatic heterocycles. The van der Waals surface area contributed by atoms with E-state index >= 15 is 0 Å². The summed E-state index contributed by atoms with van der Waals surface area (Å²) in [4.78, 5) is 22.3. The number of carboxylic acids is 2. The van der Waals surface area contributed by atoms with E-state index in [1.807, 2.05) is 0 Å². The van der Waals surface area contributed by atoms with Crippen LogP contribution < -0.4 is 0 Å². The topological polar surface area (TPSA) is 74.6 Å². The summed E-state index contributed by atoms with van der Waals surface area (Å²) in [5.41, 5.74) is 1.72. The molecule has 1 saturated carbocycles. The van der Waals surface area contributed by atoms with E-state index in [9.17, 15) is 14.7 Å². The van der Waals surface area contributed by atoms with E-state index in [-0.39, 0.29) is 5.41 Å². The number of rotatable bonds is 14. The molecule has 0 radical (unpaired) electrons. The van der Waals surface area contributed by atoms with Gasteiger partial charge in [-0.3, -0.25) is 9.59 Å². The SMILES string of the molecule is CC(C)(CCCCCCc1cccc(CCCCC2(C(=O)O)CC2)c1)C(=O)O. The Morgan fingerprint density at radius 3 is 2.04 bits per heavy atom. The number of aryl methyl sites for hydroxylation is 2. The second kappa shape index (κ2) is 10.1. The molecule has 1 aliphatic rings. The molecule has 0 saturated heterocycles. The Hall–Kier alpha value is -1.84. The molecule has 2 N–H and O–H groups in total. The molecule has 156 valence electrons. The molecule has 0 aromatic heterocycles. The summed E-state index contributed by atoms with van der Waals surface area (Å²) in [5.74, 6) is -1.32. The highest BCUT2D eigenvalue weighted by atomic mass is 16.4. The van der Waals surface area contributed by atoms with Crippen LogP contribution in [0.4, 0.5) is 0 Å². The summed E-state index contributed by atoms with van der Waals surface area (Å²) in [7, 11) is 0. The van der Waals surface area contributed by atoms with Crippen molar-refractivity contribution in [2.75, 3.05) is 0 Å². The highest BCUT2D eigenvalue weighted by Gasteiger charge is 2.49. The van der Waals surface area contributed by atoms with Gasteiger partial charge in [0.25, 0.3) is 0 Å². The van der Waals surface area contributed by atoms with Gasteiger partial charge in [0.05, 0.1) is 10.8 Å². The van der Waals surface area contributed by atoms with Crippen LogP contribution in [-0.2, 0) is 22.4 Å². The first-order chi connectivity index (χ1) is 13.3. The highest BCUT2D eigenvalue weighted by Crippen LogP contribution is 2.50. The summed E-state index contributed by atoms with van der Waals surface area (Å²) in [5, 5.41) is 18.4. The van der Waals surface area contributed by atoms with Crippen LogP contribution in [0.15, 0.2) is 24.3 Å². The van der Waals surface area contributed by atoms with Crippen LogP contribution in [0.25, 0.3) is 0 Å². The van der Waals surface area contributed by atoms with Crippen molar-refractivity contribution in [3.8, 4) is 0 Å². The maximum absolute atomic E-state index is 11.2. The molecule has 0 amide bonds. The lowest BCUT2D eigenvalue weighted by molar-refractivity contribution is -0.147. The number of unbranched alkanes of at least 4 members (excludes halogenated alkanes) is 4. The Morgan fingerprint density at radius 1 is 0.929 bits per heavy atom. The van der Waals surface area contributed by atoms with E-state index < -0.39 is 17.4 Å². The van der Waals surface area contributed by atoms with Gasteiger partial charge in [0.15, 0.2) is 0 Å². The van der Waals surface area contributed by atoms with E-state index in [2.05, 4.69) is 24.3 Å². The van der Waals surface area contributed by atoms with Crippen molar-refractivity contribution in [3.05, 3.63) is 35.4 Å². The number of carbonyl (C=O) groups is 2. The average molecular weight is 389 g/mol. The molecule has 2 rings (SSSR count). The number of hydrogen-bond acceptors (Lipinski definition) is 2. The maximum Gasteiger partial charge on any atom is 0.309 e. The number of hydrogen-bond donors (Lipinski definition) is 2. The lowest BCUT2D eigenvalue weighted by atomic mass is 9.87. The lowest BCUT2D eigenvalue weighted by Crippen LogP contribution is -2.23. The zero-order valence-corrected chi connectivity index (χ0v) is 17.5. The second-order valence-corrected chi connectivity index (χ2v) is 9.22. The Labute approximate surface area is 169 Å². The van der Waals surface area contributed by atoms with E-state index in [0.29, 0.717) is 0 Å². The number of carboxylic acid groups (broad SMARTS) is 2. The van der Waals surface area contributed by atoms with Crippen molar-refractivity contribution in [2.45, 2.75) is 90.9 Å². The van der Waals surface area contributed by atoms with Gasteiger partial charge in [-0.25, -0.2) is 0 Å². The van der Waals surface area contributed by atoms with E-state index in [4.69, 9.17) is 5.11 Å². The molecule has 0 atom stereocenters. The molecule has 28 heavy (non-hydrogen) atoms. The smallest absolute Gasteiger partial charge is 0.309 e. The van der Waals surface area contributed by atoms with Crippen molar-refractivity contribution in [1.29, 1.82) is 0 Å². The molecule has 1 aromatic rings. The summed E-state index contributed by atoms with van der Waals surface area (Å²) in [6, 6.07) is 8.76. The fraction of sp³-hybridized carbons (Fsp3) is 0.667. The molecule has 0 bridgehead atoms. The molecule has 1 fully saturated rings. The van der Waals surface area contributed by atoms with Gasteiger partial charge < -0.3 is 10.2 Å². The molecule has 0 heterocycles. The van der Waals surface area contributed by atoms with Gasteiger partial charge in [0.2, 0.25) is 0 Å². The van der Waals surface area contributed by atoms with Crippen molar-refractivity contribution >= 4 is 11.9 Å². The molecule has 1 aromatic carbocycles. The van der Waals surface area contributed by atoms with Gasteiger partial charge in [-0.15, -0.1) is 0 Å². The Kier molecular flexibility index (Phi) is 8.09. The summed E-state index contributed by atoms with van der Waals surface area (Å²) >= 11 is 0. The minimum atomic E-state index is -0.709. The minimum absolute atomic E-state index is 0.387. The largest absolute Gasteiger partial charge is 0.481 e. The third-order valence-electron chi connectivity index (χ3n) is 6.27. The lowest BCUT2D eigenvalue weighted by Gasteiger charge is -2.18. The van der Waals surface area contributed by atoms with Crippen LogP contribution in [0, 0.1) is 10.8 Å².